The maximum absolute atomic E-state index is 11.8. The number of carboxylic acids is 1. The Kier molecular flexibility index (Phi) is 5.63. The minimum Gasteiger partial charge on any atom is -0.481 e. The molecule has 0 unspecified atom stereocenters. The van der Waals surface area contributed by atoms with E-state index >= 15 is 0 Å². The van der Waals surface area contributed by atoms with E-state index in [2.05, 4.69) is 10.3 Å². The average Bonchev–Trinajstić information content (AvgIpc) is 2.68. The first-order chi connectivity index (χ1) is 9.31. The number of rotatable bonds is 6. The third-order valence-corrected chi connectivity index (χ3v) is 3.50. The molecule has 0 aliphatic carbocycles. The lowest BCUT2D eigenvalue weighted by Crippen LogP contribution is -2.21. The van der Waals surface area contributed by atoms with Crippen molar-refractivity contribution < 1.29 is 19.5 Å². The quantitative estimate of drug-likeness (QED) is 0.826. The van der Waals surface area contributed by atoms with Crippen LogP contribution in [0.1, 0.15) is 34.6 Å². The zero-order chi connectivity index (χ0) is 15.3. The standard InChI is InChI=1S/C12H17N3O4S/c1-7-10(11(19)15(2)3)20-12(13-7)14-8(16)5-4-6-9(17)18/h4-6H2,1-3H3,(H,17,18)(H,13,14,16). The Morgan fingerprint density at radius 2 is 1.95 bits per heavy atom. The van der Waals surface area contributed by atoms with Crippen molar-refractivity contribution in [3.63, 3.8) is 0 Å². The number of anilines is 1. The van der Waals surface area contributed by atoms with E-state index < -0.39 is 5.97 Å². The summed E-state index contributed by atoms with van der Waals surface area (Å²) in [4.78, 5) is 39.8. The Morgan fingerprint density at radius 1 is 1.30 bits per heavy atom. The van der Waals surface area contributed by atoms with E-state index in [9.17, 15) is 14.4 Å². The summed E-state index contributed by atoms with van der Waals surface area (Å²) in [7, 11) is 3.29. The van der Waals surface area contributed by atoms with E-state index in [1.807, 2.05) is 0 Å². The summed E-state index contributed by atoms with van der Waals surface area (Å²) in [6.45, 7) is 1.70. The summed E-state index contributed by atoms with van der Waals surface area (Å²) in [5.41, 5.74) is 0.564. The molecule has 0 spiro atoms. The first-order valence-electron chi connectivity index (χ1n) is 6.02. The molecule has 0 fully saturated rings. The van der Waals surface area contributed by atoms with Gasteiger partial charge in [-0.15, -0.1) is 0 Å². The van der Waals surface area contributed by atoms with Crippen LogP contribution in [0.5, 0.6) is 0 Å². The highest BCUT2D eigenvalue weighted by atomic mass is 32.1. The van der Waals surface area contributed by atoms with Crippen LogP contribution in [0.3, 0.4) is 0 Å². The van der Waals surface area contributed by atoms with Crippen molar-refractivity contribution >= 4 is 34.3 Å². The molecule has 0 aliphatic heterocycles. The molecule has 20 heavy (non-hydrogen) atoms. The lowest BCUT2D eigenvalue weighted by molar-refractivity contribution is -0.137. The predicted octanol–water partition coefficient (Wildman–Crippen LogP) is 1.35. The van der Waals surface area contributed by atoms with Crippen LogP contribution in [0, 0.1) is 6.92 Å². The van der Waals surface area contributed by atoms with Gasteiger partial charge in [0.2, 0.25) is 5.91 Å². The topological polar surface area (TPSA) is 99.6 Å². The second-order valence-electron chi connectivity index (χ2n) is 4.43. The van der Waals surface area contributed by atoms with Gasteiger partial charge in [-0.1, -0.05) is 11.3 Å². The first-order valence-corrected chi connectivity index (χ1v) is 6.83. The number of aryl methyl sites for hydroxylation is 1. The summed E-state index contributed by atoms with van der Waals surface area (Å²) >= 11 is 1.11. The number of nitrogens with one attached hydrogen (secondary N) is 1. The lowest BCUT2D eigenvalue weighted by Gasteiger charge is -2.07. The van der Waals surface area contributed by atoms with E-state index in [1.165, 1.54) is 4.90 Å². The Bertz CT molecular complexity index is 525. The van der Waals surface area contributed by atoms with Crippen LogP contribution in [-0.4, -0.2) is 46.9 Å². The summed E-state index contributed by atoms with van der Waals surface area (Å²) in [6, 6.07) is 0. The fourth-order valence-corrected chi connectivity index (χ4v) is 2.44. The minimum absolute atomic E-state index is 0.0469. The van der Waals surface area contributed by atoms with Crippen LogP contribution in [0.4, 0.5) is 5.13 Å². The van der Waals surface area contributed by atoms with Crippen LogP contribution in [-0.2, 0) is 9.59 Å². The highest BCUT2D eigenvalue weighted by molar-refractivity contribution is 7.17. The molecule has 0 bridgehead atoms. The van der Waals surface area contributed by atoms with Crippen molar-refractivity contribution in [2.45, 2.75) is 26.2 Å². The van der Waals surface area contributed by atoms with Gasteiger partial charge in [0.1, 0.15) is 4.88 Å². The molecular formula is C12H17N3O4S. The fourth-order valence-electron chi connectivity index (χ4n) is 1.43. The number of hydrogen-bond donors (Lipinski definition) is 2. The van der Waals surface area contributed by atoms with Crippen LogP contribution in [0.25, 0.3) is 0 Å². The van der Waals surface area contributed by atoms with E-state index in [4.69, 9.17) is 5.11 Å². The van der Waals surface area contributed by atoms with Gasteiger partial charge in [0, 0.05) is 26.9 Å². The molecule has 1 rings (SSSR count). The molecule has 1 aromatic heterocycles. The molecule has 1 heterocycles. The van der Waals surface area contributed by atoms with Crippen LogP contribution < -0.4 is 5.32 Å². The largest absolute Gasteiger partial charge is 0.481 e. The molecule has 2 N–H and O–H groups in total. The van der Waals surface area contributed by atoms with E-state index in [0.717, 1.165) is 11.3 Å². The Morgan fingerprint density at radius 3 is 2.50 bits per heavy atom. The number of carboxylic acid groups (broad SMARTS) is 1. The second-order valence-corrected chi connectivity index (χ2v) is 5.43. The minimum atomic E-state index is -0.929. The molecule has 0 atom stereocenters. The number of aliphatic carboxylic acids is 1. The zero-order valence-corrected chi connectivity index (χ0v) is 12.4. The third kappa shape index (κ3) is 4.61. The van der Waals surface area contributed by atoms with Crippen LogP contribution in [0.15, 0.2) is 0 Å². The molecule has 1 aromatic rings. The molecule has 8 heteroatoms. The third-order valence-electron chi connectivity index (χ3n) is 2.44. The molecule has 0 aliphatic rings. The van der Waals surface area contributed by atoms with Gasteiger partial charge in [-0.05, 0) is 13.3 Å². The summed E-state index contributed by atoms with van der Waals surface area (Å²) in [5, 5.41) is 11.4. The van der Waals surface area contributed by atoms with E-state index in [0.29, 0.717) is 15.7 Å². The van der Waals surface area contributed by atoms with Crippen molar-refractivity contribution in [2.24, 2.45) is 0 Å². The van der Waals surface area contributed by atoms with Gasteiger partial charge >= 0.3 is 5.97 Å². The van der Waals surface area contributed by atoms with Crippen molar-refractivity contribution in [3.8, 4) is 0 Å². The monoisotopic (exact) mass is 299 g/mol. The number of aromatic nitrogens is 1. The number of nitrogens with zero attached hydrogens (tertiary/aromatic N) is 2. The molecule has 0 saturated carbocycles. The smallest absolute Gasteiger partial charge is 0.303 e. The molecule has 0 radical (unpaired) electrons. The number of amides is 2. The number of carbonyl (C=O) groups excluding carboxylic acids is 2. The van der Waals surface area contributed by atoms with E-state index in [-0.39, 0.29) is 31.1 Å². The fraction of sp³-hybridized carbons (Fsp3) is 0.500. The van der Waals surface area contributed by atoms with Gasteiger partial charge in [0.15, 0.2) is 5.13 Å². The van der Waals surface area contributed by atoms with Gasteiger partial charge < -0.3 is 15.3 Å². The molecule has 0 saturated heterocycles. The van der Waals surface area contributed by atoms with Crippen molar-refractivity contribution in [2.75, 3.05) is 19.4 Å². The van der Waals surface area contributed by atoms with Crippen LogP contribution >= 0.6 is 11.3 Å². The van der Waals surface area contributed by atoms with Gasteiger partial charge in [0.25, 0.3) is 5.91 Å². The van der Waals surface area contributed by atoms with Crippen molar-refractivity contribution in [3.05, 3.63) is 10.6 Å². The van der Waals surface area contributed by atoms with Gasteiger partial charge in [-0.25, -0.2) is 4.98 Å². The highest BCUT2D eigenvalue weighted by Gasteiger charge is 2.17. The van der Waals surface area contributed by atoms with Crippen LogP contribution in [0.2, 0.25) is 0 Å². The number of carbonyl (C=O) groups is 3. The lowest BCUT2D eigenvalue weighted by atomic mass is 10.2. The normalized spacial score (nSPS) is 10.2. The van der Waals surface area contributed by atoms with E-state index in [1.54, 1.807) is 21.0 Å². The SMILES string of the molecule is Cc1nc(NC(=O)CCCC(=O)O)sc1C(=O)N(C)C. The molecule has 7 nitrogen and oxygen atoms in total. The molecule has 0 aromatic carbocycles. The predicted molar refractivity (Wildman–Crippen MR) is 75.0 cm³/mol. The number of hydrogen-bond acceptors (Lipinski definition) is 5. The maximum Gasteiger partial charge on any atom is 0.303 e. The van der Waals surface area contributed by atoms with Crippen molar-refractivity contribution in [1.29, 1.82) is 0 Å². The number of thiazole rings is 1. The summed E-state index contributed by atoms with van der Waals surface area (Å²) < 4.78 is 0. The summed E-state index contributed by atoms with van der Waals surface area (Å²) in [5.74, 6) is -1.39. The average molecular weight is 299 g/mol. The van der Waals surface area contributed by atoms with Crippen molar-refractivity contribution in [1.82, 2.24) is 9.88 Å². The Balaban J connectivity index is 2.61. The summed E-state index contributed by atoms with van der Waals surface area (Å²) in [6.07, 6.45) is 0.339. The maximum atomic E-state index is 11.8. The molecule has 2 amide bonds. The molecular weight excluding hydrogens is 282 g/mol. The highest BCUT2D eigenvalue weighted by Crippen LogP contribution is 2.23. The zero-order valence-electron chi connectivity index (χ0n) is 11.6. The van der Waals surface area contributed by atoms with Gasteiger partial charge in [-0.3, -0.25) is 14.4 Å². The Hall–Kier alpha value is -1.96. The Labute approximate surface area is 120 Å². The second kappa shape index (κ2) is 6.99. The molecule has 110 valence electrons. The van der Waals surface area contributed by atoms with Gasteiger partial charge in [-0.2, -0.15) is 0 Å². The van der Waals surface area contributed by atoms with Gasteiger partial charge in [0.05, 0.1) is 5.69 Å². The first kappa shape index (κ1) is 16.1.